The molecule has 2 aromatic rings. The lowest BCUT2D eigenvalue weighted by molar-refractivity contribution is 0.0787. The van der Waals surface area contributed by atoms with Gasteiger partial charge in [0.1, 0.15) is 0 Å². The van der Waals surface area contributed by atoms with Crippen LogP contribution in [0.5, 0.6) is 0 Å². The van der Waals surface area contributed by atoms with Crippen LogP contribution in [0.25, 0.3) is 0 Å². The maximum absolute atomic E-state index is 12.8. The summed E-state index contributed by atoms with van der Waals surface area (Å²) >= 11 is 0. The first-order valence-corrected chi connectivity index (χ1v) is 8.47. The van der Waals surface area contributed by atoms with Crippen molar-refractivity contribution >= 4 is 5.91 Å². The number of hydrogen-bond donors (Lipinski definition) is 0. The number of amides is 1. The topological polar surface area (TPSA) is 59.2 Å². The van der Waals surface area contributed by atoms with Crippen LogP contribution >= 0.6 is 0 Å². The zero-order valence-electron chi connectivity index (χ0n) is 14.7. The molecule has 0 saturated heterocycles. The molecular formula is C17H26N6O. The Morgan fingerprint density at radius 2 is 2.17 bits per heavy atom. The van der Waals surface area contributed by atoms with Gasteiger partial charge in [-0.25, -0.2) is 0 Å². The summed E-state index contributed by atoms with van der Waals surface area (Å²) in [4.78, 5) is 16.8. The Balaban J connectivity index is 1.66. The summed E-state index contributed by atoms with van der Waals surface area (Å²) in [6.07, 6.45) is 7.44. The zero-order valence-corrected chi connectivity index (χ0v) is 14.7. The molecule has 24 heavy (non-hydrogen) atoms. The molecule has 130 valence electrons. The number of aryl methyl sites for hydroxylation is 1. The number of carbonyl (C=O) groups excluding carboxylic acids is 1. The fourth-order valence-electron chi connectivity index (χ4n) is 3.34. The van der Waals surface area contributed by atoms with Crippen LogP contribution in [0.15, 0.2) is 24.7 Å². The van der Waals surface area contributed by atoms with E-state index in [-0.39, 0.29) is 5.91 Å². The molecular weight excluding hydrogens is 304 g/mol. The SMILES string of the molecule is CN(C)C[C@H]1CCn2ncc(C(=O)N(C)CCn3cccn3)c2C1. The number of hydrogen-bond acceptors (Lipinski definition) is 4. The lowest BCUT2D eigenvalue weighted by Crippen LogP contribution is -2.33. The molecule has 0 bridgehead atoms. The summed E-state index contributed by atoms with van der Waals surface area (Å²) in [6.45, 7) is 3.28. The second-order valence-corrected chi connectivity index (χ2v) is 6.84. The summed E-state index contributed by atoms with van der Waals surface area (Å²) in [5.74, 6) is 0.638. The minimum atomic E-state index is 0.0499. The molecule has 0 fully saturated rings. The first-order valence-electron chi connectivity index (χ1n) is 8.47. The summed E-state index contributed by atoms with van der Waals surface area (Å²) in [6, 6.07) is 1.89. The van der Waals surface area contributed by atoms with Gasteiger partial charge in [0.05, 0.1) is 24.0 Å². The van der Waals surface area contributed by atoms with E-state index in [9.17, 15) is 4.79 Å². The normalized spacial score (nSPS) is 17.1. The summed E-state index contributed by atoms with van der Waals surface area (Å²) in [7, 11) is 6.04. The van der Waals surface area contributed by atoms with Crippen LogP contribution in [-0.4, -0.2) is 69.5 Å². The third-order valence-electron chi connectivity index (χ3n) is 4.60. The minimum Gasteiger partial charge on any atom is -0.340 e. The van der Waals surface area contributed by atoms with Crippen LogP contribution in [0.2, 0.25) is 0 Å². The Hall–Kier alpha value is -2.15. The number of rotatable bonds is 6. The van der Waals surface area contributed by atoms with Crippen molar-refractivity contribution in [2.24, 2.45) is 5.92 Å². The largest absolute Gasteiger partial charge is 0.340 e. The van der Waals surface area contributed by atoms with Gasteiger partial charge < -0.3 is 9.80 Å². The number of nitrogens with zero attached hydrogens (tertiary/aromatic N) is 6. The Morgan fingerprint density at radius 3 is 2.88 bits per heavy atom. The first-order chi connectivity index (χ1) is 11.5. The van der Waals surface area contributed by atoms with Gasteiger partial charge in [0.15, 0.2) is 0 Å². The van der Waals surface area contributed by atoms with E-state index >= 15 is 0 Å². The van der Waals surface area contributed by atoms with Gasteiger partial charge in [0, 0.05) is 39.1 Å². The molecule has 3 rings (SSSR count). The molecule has 7 heteroatoms. The third-order valence-corrected chi connectivity index (χ3v) is 4.60. The van der Waals surface area contributed by atoms with E-state index in [1.165, 1.54) is 0 Å². The van der Waals surface area contributed by atoms with Gasteiger partial charge in [0.25, 0.3) is 5.91 Å². The minimum absolute atomic E-state index is 0.0499. The molecule has 1 amide bonds. The standard InChI is InChI=1S/C17H26N6O/c1-20(2)13-14-5-8-23-16(11-14)15(12-19-23)17(24)21(3)9-10-22-7-4-6-18-22/h4,6-7,12,14H,5,8-11,13H2,1-3H3/t14-/m0/s1. The summed E-state index contributed by atoms with van der Waals surface area (Å²) in [5, 5.41) is 8.60. The molecule has 7 nitrogen and oxygen atoms in total. The fourth-order valence-corrected chi connectivity index (χ4v) is 3.34. The zero-order chi connectivity index (χ0) is 17.1. The number of likely N-dealkylation sites (N-methyl/N-ethyl adjacent to an activating group) is 1. The van der Waals surface area contributed by atoms with Crippen LogP contribution in [0.4, 0.5) is 0 Å². The van der Waals surface area contributed by atoms with Crippen molar-refractivity contribution in [3.8, 4) is 0 Å². The highest BCUT2D eigenvalue weighted by Gasteiger charge is 2.26. The van der Waals surface area contributed by atoms with Gasteiger partial charge in [-0.2, -0.15) is 10.2 Å². The highest BCUT2D eigenvalue weighted by atomic mass is 16.2. The van der Waals surface area contributed by atoms with E-state index in [1.807, 2.05) is 28.7 Å². The number of carbonyl (C=O) groups is 1. The molecule has 2 aromatic heterocycles. The van der Waals surface area contributed by atoms with E-state index < -0.39 is 0 Å². The molecule has 0 aliphatic carbocycles. The van der Waals surface area contributed by atoms with E-state index in [0.717, 1.165) is 37.2 Å². The lowest BCUT2D eigenvalue weighted by atomic mass is 9.94. The third kappa shape index (κ3) is 3.67. The summed E-state index contributed by atoms with van der Waals surface area (Å²) in [5.41, 5.74) is 1.84. The molecule has 0 unspecified atom stereocenters. The van der Waals surface area contributed by atoms with Crippen molar-refractivity contribution in [1.29, 1.82) is 0 Å². The average Bonchev–Trinajstić information content (AvgIpc) is 3.20. The van der Waals surface area contributed by atoms with Crippen molar-refractivity contribution < 1.29 is 4.79 Å². The van der Waals surface area contributed by atoms with Crippen molar-refractivity contribution in [2.75, 3.05) is 34.2 Å². The fraction of sp³-hybridized carbons (Fsp3) is 0.588. The van der Waals surface area contributed by atoms with Crippen LogP contribution in [0.3, 0.4) is 0 Å². The van der Waals surface area contributed by atoms with Gasteiger partial charge in [-0.15, -0.1) is 0 Å². The van der Waals surface area contributed by atoms with Gasteiger partial charge >= 0.3 is 0 Å². The second-order valence-electron chi connectivity index (χ2n) is 6.84. The molecule has 0 N–H and O–H groups in total. The average molecular weight is 330 g/mol. The molecule has 1 aliphatic rings. The van der Waals surface area contributed by atoms with Gasteiger partial charge in [-0.05, 0) is 38.9 Å². The summed E-state index contributed by atoms with van der Waals surface area (Å²) < 4.78 is 3.84. The van der Waals surface area contributed by atoms with E-state index in [1.54, 1.807) is 17.3 Å². The molecule has 3 heterocycles. The molecule has 0 aromatic carbocycles. The van der Waals surface area contributed by atoms with Crippen LogP contribution in [0, 0.1) is 5.92 Å². The first kappa shape index (κ1) is 16.7. The smallest absolute Gasteiger partial charge is 0.257 e. The Morgan fingerprint density at radius 1 is 1.33 bits per heavy atom. The van der Waals surface area contributed by atoms with E-state index in [2.05, 4.69) is 29.2 Å². The Bertz CT molecular complexity index is 675. The highest BCUT2D eigenvalue weighted by Crippen LogP contribution is 2.24. The van der Waals surface area contributed by atoms with Crippen molar-refractivity contribution in [1.82, 2.24) is 29.4 Å². The van der Waals surface area contributed by atoms with Crippen LogP contribution < -0.4 is 0 Å². The van der Waals surface area contributed by atoms with E-state index in [4.69, 9.17) is 0 Å². The van der Waals surface area contributed by atoms with Crippen molar-refractivity contribution in [2.45, 2.75) is 25.9 Å². The van der Waals surface area contributed by atoms with Gasteiger partial charge in [-0.1, -0.05) is 0 Å². The lowest BCUT2D eigenvalue weighted by Gasteiger charge is -2.27. The van der Waals surface area contributed by atoms with Gasteiger partial charge in [0.2, 0.25) is 0 Å². The van der Waals surface area contributed by atoms with Crippen molar-refractivity contribution in [3.05, 3.63) is 35.9 Å². The molecule has 1 atom stereocenters. The monoisotopic (exact) mass is 330 g/mol. The molecule has 0 radical (unpaired) electrons. The quantitative estimate of drug-likeness (QED) is 0.792. The number of fused-ring (bicyclic) bond motifs is 1. The number of aromatic nitrogens is 4. The maximum atomic E-state index is 12.8. The van der Waals surface area contributed by atoms with Gasteiger partial charge in [-0.3, -0.25) is 14.2 Å². The second kappa shape index (κ2) is 7.17. The Labute approximate surface area is 142 Å². The molecule has 1 aliphatic heterocycles. The van der Waals surface area contributed by atoms with Crippen molar-refractivity contribution in [3.63, 3.8) is 0 Å². The maximum Gasteiger partial charge on any atom is 0.257 e. The predicted molar refractivity (Wildman–Crippen MR) is 91.8 cm³/mol. The van der Waals surface area contributed by atoms with Crippen LogP contribution in [-0.2, 0) is 19.5 Å². The molecule has 0 spiro atoms. The Kier molecular flexibility index (Phi) is 4.99. The molecule has 0 saturated carbocycles. The highest BCUT2D eigenvalue weighted by molar-refractivity contribution is 5.95. The van der Waals surface area contributed by atoms with Crippen LogP contribution in [0.1, 0.15) is 22.5 Å². The van der Waals surface area contributed by atoms with E-state index in [0.29, 0.717) is 19.0 Å². The predicted octanol–water partition coefficient (Wildman–Crippen LogP) is 0.976.